The molecule has 0 saturated heterocycles. The first-order valence-electron chi connectivity index (χ1n) is 10.5. The van der Waals surface area contributed by atoms with Gasteiger partial charge in [0.1, 0.15) is 0 Å². The molecule has 154 valence electrons. The van der Waals surface area contributed by atoms with E-state index >= 15 is 0 Å². The summed E-state index contributed by atoms with van der Waals surface area (Å²) in [6, 6.07) is 16.7. The third-order valence-electron chi connectivity index (χ3n) is 6.06. The van der Waals surface area contributed by atoms with Crippen LogP contribution in [0.25, 0.3) is 32.7 Å². The standard InChI is InChI=1S/C24H14O4.4Al.8H/c1-27-23(25)19-13-11-15-7-3-5-9-17(15)21(19)22-18-10-6-4-8-16(18)12-14-20(22)24(26)28-2;;;;;;;;;;;;/h5-10,13-14H,1-2H3;;;;;;;;;;;;. The molecule has 0 amide bonds. The second-order valence-electron chi connectivity index (χ2n) is 8.31. The monoisotopic (exact) mass is 482 g/mol. The van der Waals surface area contributed by atoms with Gasteiger partial charge in [-0.25, -0.2) is 9.59 Å². The van der Waals surface area contributed by atoms with Crippen LogP contribution in [0, 0.1) is 0 Å². The molecule has 8 heteroatoms. The van der Waals surface area contributed by atoms with E-state index in [0.717, 1.165) is 107 Å². The SMILES string of the molecule is COC(=O)c1c[c]([AlH2])c2c[c]([AlH2])ccc2c1-c1c(C(=O)OC)c[c]([AlH2])c2c[c]([AlH2])ccc12. The van der Waals surface area contributed by atoms with Gasteiger partial charge in [0.25, 0.3) is 65.2 Å². The summed E-state index contributed by atoms with van der Waals surface area (Å²) in [5.41, 5.74) is 2.49. The lowest BCUT2D eigenvalue weighted by atomic mass is 9.86. The fraction of sp³-hybridized carbons (Fsp3) is 0.0833. The summed E-state index contributed by atoms with van der Waals surface area (Å²) in [6.45, 7) is 0. The number of hydrogen-bond acceptors (Lipinski definition) is 4. The minimum atomic E-state index is -0.396. The van der Waals surface area contributed by atoms with Gasteiger partial charge in [-0.1, -0.05) is 48.5 Å². The molecule has 0 bridgehead atoms. The topological polar surface area (TPSA) is 52.6 Å². The van der Waals surface area contributed by atoms with Gasteiger partial charge in [-0.15, -0.1) is 17.7 Å². The van der Waals surface area contributed by atoms with Crippen molar-refractivity contribution in [2.75, 3.05) is 14.2 Å². The third kappa shape index (κ3) is 4.09. The fourth-order valence-corrected chi connectivity index (χ4v) is 6.82. The van der Waals surface area contributed by atoms with Crippen molar-refractivity contribution in [2.45, 2.75) is 0 Å². The predicted molar refractivity (Wildman–Crippen MR) is 142 cm³/mol. The molecule has 0 atom stereocenters. The van der Waals surface area contributed by atoms with E-state index in [0.29, 0.717) is 11.1 Å². The summed E-state index contributed by atoms with van der Waals surface area (Å²) in [6.07, 6.45) is 0. The summed E-state index contributed by atoms with van der Waals surface area (Å²) in [4.78, 5) is 25.9. The molecule has 0 fully saturated rings. The highest BCUT2D eigenvalue weighted by molar-refractivity contribution is 6.44. The Bertz CT molecular complexity index is 1320. The van der Waals surface area contributed by atoms with Gasteiger partial charge in [0.15, 0.2) is 0 Å². The van der Waals surface area contributed by atoms with E-state index in [1.54, 1.807) is 0 Å². The number of fused-ring (bicyclic) bond motifs is 2. The molecular formula is C24H22Al4O4. The van der Waals surface area contributed by atoms with Crippen molar-refractivity contribution >= 4 is 116 Å². The first kappa shape index (κ1) is 23.6. The second kappa shape index (κ2) is 9.38. The van der Waals surface area contributed by atoms with Gasteiger partial charge in [0.2, 0.25) is 0 Å². The molecule has 0 unspecified atom stereocenters. The molecule has 0 spiro atoms. The van der Waals surface area contributed by atoms with E-state index in [2.05, 4.69) is 36.4 Å². The summed E-state index contributed by atoms with van der Waals surface area (Å²) in [5, 5.41) is 4.23. The van der Waals surface area contributed by atoms with Crippen LogP contribution in [0.3, 0.4) is 0 Å². The molecule has 4 aromatic rings. The molecule has 0 radical (unpaired) electrons. The molecular weight excluding hydrogens is 460 g/mol. The van der Waals surface area contributed by atoms with Gasteiger partial charge >= 0.3 is 11.9 Å². The van der Waals surface area contributed by atoms with Crippen LogP contribution >= 0.6 is 0 Å². The molecule has 4 aromatic carbocycles. The quantitative estimate of drug-likeness (QED) is 0.257. The second-order valence-corrected chi connectivity index (χ2v) is 12.8. The van der Waals surface area contributed by atoms with E-state index in [4.69, 9.17) is 9.47 Å². The minimum Gasteiger partial charge on any atom is -0.465 e. The van der Waals surface area contributed by atoms with E-state index in [-0.39, 0.29) is 0 Å². The summed E-state index contributed by atoms with van der Waals surface area (Å²) < 4.78 is 15.2. The van der Waals surface area contributed by atoms with Crippen LogP contribution in [0.1, 0.15) is 20.7 Å². The van der Waals surface area contributed by atoms with Crippen LogP contribution in [0.15, 0.2) is 48.5 Å². The van der Waals surface area contributed by atoms with Gasteiger partial charge < -0.3 is 9.47 Å². The lowest BCUT2D eigenvalue weighted by Crippen LogP contribution is -2.18. The molecule has 32 heavy (non-hydrogen) atoms. The molecule has 4 nitrogen and oxygen atoms in total. The number of benzene rings is 4. The highest BCUT2D eigenvalue weighted by Gasteiger charge is 2.25. The molecule has 0 N–H and O–H groups in total. The predicted octanol–water partition coefficient (Wildman–Crippen LogP) is -1.73. The lowest BCUT2D eigenvalue weighted by Gasteiger charge is -2.21. The average Bonchev–Trinajstić information content (AvgIpc) is 2.78. The Morgan fingerprint density at radius 3 is 1.31 bits per heavy atom. The molecule has 0 aliphatic rings. The maximum atomic E-state index is 13.0. The highest BCUT2D eigenvalue weighted by Crippen LogP contribution is 2.38. The van der Waals surface area contributed by atoms with Crippen molar-refractivity contribution < 1.29 is 19.1 Å². The first-order chi connectivity index (χ1) is 15.3. The number of hydrogen-bond donors (Lipinski definition) is 0. The Labute approximate surface area is 219 Å². The van der Waals surface area contributed by atoms with Crippen molar-refractivity contribution in [3.63, 3.8) is 0 Å². The van der Waals surface area contributed by atoms with Gasteiger partial charge in [-0.3, -0.25) is 0 Å². The Hall–Kier alpha value is -1.53. The number of carbonyl (C=O) groups excluding carboxylic acids is 2. The van der Waals surface area contributed by atoms with Crippen LogP contribution < -0.4 is 17.7 Å². The Morgan fingerprint density at radius 2 is 0.969 bits per heavy atom. The fourth-order valence-electron chi connectivity index (χ4n) is 4.51. The third-order valence-corrected chi connectivity index (χ3v) is 8.96. The number of ether oxygens (including phenoxy) is 2. The lowest BCUT2D eigenvalue weighted by molar-refractivity contribution is 0.0590. The maximum Gasteiger partial charge on any atom is 0.338 e. The van der Waals surface area contributed by atoms with Crippen molar-refractivity contribution in [1.29, 1.82) is 0 Å². The molecule has 0 saturated carbocycles. The smallest absolute Gasteiger partial charge is 0.338 e. The number of carbonyl (C=O) groups is 2. The zero-order chi connectivity index (χ0) is 23.2. The van der Waals surface area contributed by atoms with Crippen molar-refractivity contribution in [1.82, 2.24) is 0 Å². The Kier molecular flexibility index (Phi) is 6.92. The molecule has 4 rings (SSSR count). The Balaban J connectivity index is 2.30. The van der Waals surface area contributed by atoms with Crippen LogP contribution in [0.5, 0.6) is 0 Å². The zero-order valence-corrected chi connectivity index (χ0v) is 27.3. The first-order valence-corrected chi connectivity index (χ1v) is 14.5. The summed E-state index contributed by atoms with van der Waals surface area (Å²) >= 11 is 3.48. The van der Waals surface area contributed by atoms with Crippen molar-refractivity contribution in [2.24, 2.45) is 0 Å². The molecule has 0 aliphatic carbocycles. The maximum absolute atomic E-state index is 13.0. The summed E-state index contributed by atoms with van der Waals surface area (Å²) in [5.74, 6) is -0.792. The van der Waals surface area contributed by atoms with E-state index in [9.17, 15) is 9.59 Å². The molecule has 0 heterocycles. The largest absolute Gasteiger partial charge is 0.465 e. The van der Waals surface area contributed by atoms with E-state index in [1.165, 1.54) is 23.1 Å². The van der Waals surface area contributed by atoms with E-state index < -0.39 is 11.9 Å². The van der Waals surface area contributed by atoms with Gasteiger partial charge in [0.05, 0.1) is 25.3 Å². The van der Waals surface area contributed by atoms with Gasteiger partial charge in [-0.2, -0.15) is 0 Å². The van der Waals surface area contributed by atoms with Crippen LogP contribution in [0.2, 0.25) is 0 Å². The van der Waals surface area contributed by atoms with Crippen LogP contribution in [0.4, 0.5) is 0 Å². The van der Waals surface area contributed by atoms with E-state index in [1.807, 2.05) is 12.1 Å². The minimum absolute atomic E-state index is 0.396. The number of rotatable bonds is 3. The average molecular weight is 482 g/mol. The Morgan fingerprint density at radius 1 is 0.594 bits per heavy atom. The summed E-state index contributed by atoms with van der Waals surface area (Å²) in [7, 11) is 2.80. The van der Waals surface area contributed by atoms with Gasteiger partial charge in [-0.05, 0) is 21.5 Å². The van der Waals surface area contributed by atoms with Crippen molar-refractivity contribution in [3.05, 3.63) is 59.7 Å². The normalized spacial score (nSPS) is 10.9. The zero-order valence-electron chi connectivity index (χ0n) is 19.3. The number of methoxy groups -OCH3 is 2. The highest BCUT2D eigenvalue weighted by atomic mass is 27.1. The molecule has 0 aliphatic heterocycles. The van der Waals surface area contributed by atoms with Gasteiger partial charge in [0, 0.05) is 11.1 Å². The van der Waals surface area contributed by atoms with Crippen LogP contribution in [-0.4, -0.2) is 91.3 Å². The number of esters is 2. The van der Waals surface area contributed by atoms with Crippen molar-refractivity contribution in [3.8, 4) is 11.1 Å². The van der Waals surface area contributed by atoms with Crippen LogP contribution in [-0.2, 0) is 9.47 Å². The molecule has 0 aromatic heterocycles.